The molecule has 0 aromatic carbocycles. The Labute approximate surface area is 113 Å². The number of aryl methyl sites for hydroxylation is 1. The minimum absolute atomic E-state index is 0.785. The highest BCUT2D eigenvalue weighted by Crippen LogP contribution is 2.33. The lowest BCUT2D eigenvalue weighted by Gasteiger charge is -2.27. The molecule has 1 saturated heterocycles. The first kappa shape index (κ1) is 13.2. The van der Waals surface area contributed by atoms with Gasteiger partial charge in [-0.2, -0.15) is 11.8 Å². The molecule has 2 heterocycles. The summed E-state index contributed by atoms with van der Waals surface area (Å²) in [6.07, 6.45) is 4.11. The molecule has 1 aliphatic heterocycles. The predicted octanol–water partition coefficient (Wildman–Crippen LogP) is 3.24. The molecule has 96 valence electrons. The lowest BCUT2D eigenvalue weighted by Crippen LogP contribution is -2.28. The van der Waals surface area contributed by atoms with Crippen LogP contribution in [0.3, 0.4) is 0 Å². The van der Waals surface area contributed by atoms with Crippen LogP contribution >= 0.6 is 23.1 Å². The van der Waals surface area contributed by atoms with E-state index in [1.165, 1.54) is 47.8 Å². The van der Waals surface area contributed by atoms with Gasteiger partial charge in [-0.05, 0) is 37.8 Å². The van der Waals surface area contributed by atoms with Crippen LogP contribution in [0.25, 0.3) is 0 Å². The third-order valence-electron chi connectivity index (χ3n) is 3.20. The summed E-state index contributed by atoms with van der Waals surface area (Å²) in [5.41, 5.74) is 7.03. The van der Waals surface area contributed by atoms with Crippen LogP contribution in [0.1, 0.15) is 29.7 Å². The summed E-state index contributed by atoms with van der Waals surface area (Å²) in [6.45, 7) is 5.52. The summed E-state index contributed by atoms with van der Waals surface area (Å²) in [5, 5.41) is 1.48. The van der Waals surface area contributed by atoms with Gasteiger partial charge < -0.3 is 10.6 Å². The minimum atomic E-state index is 0.785. The van der Waals surface area contributed by atoms with E-state index in [4.69, 9.17) is 5.73 Å². The van der Waals surface area contributed by atoms with E-state index in [9.17, 15) is 0 Å². The van der Waals surface area contributed by atoms with Gasteiger partial charge in [-0.1, -0.05) is 0 Å². The van der Waals surface area contributed by atoms with Crippen LogP contribution in [-0.2, 0) is 5.75 Å². The SMILES string of the molecule is Cc1sc(N2CCCCC2)cc1CSCCN. The summed E-state index contributed by atoms with van der Waals surface area (Å²) >= 11 is 3.90. The van der Waals surface area contributed by atoms with Crippen LogP contribution in [0.2, 0.25) is 0 Å². The van der Waals surface area contributed by atoms with E-state index < -0.39 is 0 Å². The summed E-state index contributed by atoms with van der Waals surface area (Å²) < 4.78 is 0. The van der Waals surface area contributed by atoms with Gasteiger partial charge in [0, 0.05) is 36.0 Å². The summed E-state index contributed by atoms with van der Waals surface area (Å²) in [5.74, 6) is 2.18. The molecule has 1 aromatic heterocycles. The maximum absolute atomic E-state index is 5.53. The van der Waals surface area contributed by atoms with Gasteiger partial charge in [-0.3, -0.25) is 0 Å². The number of rotatable bonds is 5. The Morgan fingerprint density at radius 2 is 2.12 bits per heavy atom. The van der Waals surface area contributed by atoms with Gasteiger partial charge in [-0.15, -0.1) is 11.3 Å². The molecule has 0 radical (unpaired) electrons. The number of piperidine rings is 1. The quantitative estimate of drug-likeness (QED) is 0.833. The van der Waals surface area contributed by atoms with Crippen molar-refractivity contribution in [2.24, 2.45) is 5.73 Å². The number of anilines is 1. The van der Waals surface area contributed by atoms with Crippen molar-refractivity contribution in [3.8, 4) is 0 Å². The van der Waals surface area contributed by atoms with E-state index in [0.29, 0.717) is 0 Å². The van der Waals surface area contributed by atoms with Gasteiger partial charge in [0.25, 0.3) is 0 Å². The molecule has 0 amide bonds. The first-order chi connectivity index (χ1) is 8.31. The maximum atomic E-state index is 5.53. The van der Waals surface area contributed by atoms with Gasteiger partial charge in [0.1, 0.15) is 0 Å². The van der Waals surface area contributed by atoms with Crippen molar-refractivity contribution in [2.75, 3.05) is 30.3 Å². The zero-order chi connectivity index (χ0) is 12.1. The van der Waals surface area contributed by atoms with E-state index in [1.54, 1.807) is 0 Å². The van der Waals surface area contributed by atoms with Crippen molar-refractivity contribution in [2.45, 2.75) is 31.9 Å². The number of hydrogen-bond acceptors (Lipinski definition) is 4. The van der Waals surface area contributed by atoms with Gasteiger partial charge >= 0.3 is 0 Å². The number of nitrogens with two attached hydrogens (primary N) is 1. The van der Waals surface area contributed by atoms with Crippen molar-refractivity contribution in [1.29, 1.82) is 0 Å². The summed E-state index contributed by atoms with van der Waals surface area (Å²) in [7, 11) is 0. The Bertz CT molecular complexity index is 343. The van der Waals surface area contributed by atoms with Crippen LogP contribution in [0, 0.1) is 6.92 Å². The monoisotopic (exact) mass is 270 g/mol. The fraction of sp³-hybridized carbons (Fsp3) is 0.692. The Morgan fingerprint density at radius 1 is 1.35 bits per heavy atom. The van der Waals surface area contributed by atoms with Crippen molar-refractivity contribution < 1.29 is 0 Å². The largest absolute Gasteiger partial charge is 0.363 e. The second-order valence-electron chi connectivity index (χ2n) is 4.56. The number of thiophene rings is 1. The first-order valence-electron chi connectivity index (χ1n) is 6.43. The van der Waals surface area contributed by atoms with Crippen molar-refractivity contribution in [1.82, 2.24) is 0 Å². The van der Waals surface area contributed by atoms with Crippen LogP contribution < -0.4 is 10.6 Å². The summed E-state index contributed by atoms with van der Waals surface area (Å²) in [6, 6.07) is 2.40. The van der Waals surface area contributed by atoms with Crippen molar-refractivity contribution >= 4 is 28.1 Å². The topological polar surface area (TPSA) is 29.3 Å². The normalized spacial score (nSPS) is 16.5. The van der Waals surface area contributed by atoms with E-state index in [0.717, 1.165) is 18.1 Å². The fourth-order valence-corrected chi connectivity index (χ4v) is 4.19. The minimum Gasteiger partial charge on any atom is -0.363 e. The Kier molecular flexibility index (Phi) is 5.19. The molecule has 0 bridgehead atoms. The number of thioether (sulfide) groups is 1. The molecule has 0 spiro atoms. The van der Waals surface area contributed by atoms with Crippen LogP contribution in [0.15, 0.2) is 6.07 Å². The van der Waals surface area contributed by atoms with Crippen molar-refractivity contribution in [3.05, 3.63) is 16.5 Å². The molecule has 4 heteroatoms. The fourth-order valence-electron chi connectivity index (χ4n) is 2.18. The molecule has 2 N–H and O–H groups in total. The Balaban J connectivity index is 1.96. The molecule has 1 aromatic rings. The Hall–Kier alpha value is -0.190. The van der Waals surface area contributed by atoms with Gasteiger partial charge in [-0.25, -0.2) is 0 Å². The molecule has 0 atom stereocenters. The molecule has 0 saturated carbocycles. The lowest BCUT2D eigenvalue weighted by molar-refractivity contribution is 0.580. The highest BCUT2D eigenvalue weighted by Gasteiger charge is 2.14. The number of hydrogen-bond donors (Lipinski definition) is 1. The maximum Gasteiger partial charge on any atom is 0.0914 e. The average molecular weight is 270 g/mol. The molecule has 1 aliphatic rings. The highest BCUT2D eigenvalue weighted by atomic mass is 32.2. The molecule has 2 rings (SSSR count). The zero-order valence-corrected chi connectivity index (χ0v) is 12.2. The van der Waals surface area contributed by atoms with Gasteiger partial charge in [0.05, 0.1) is 5.00 Å². The Morgan fingerprint density at radius 3 is 2.82 bits per heavy atom. The van der Waals surface area contributed by atoms with E-state index >= 15 is 0 Å². The standard InChI is InChI=1S/C13H22N2S2/c1-11-12(10-16-8-5-14)9-13(17-11)15-6-3-2-4-7-15/h9H,2-8,10,14H2,1H3. The molecule has 17 heavy (non-hydrogen) atoms. The molecule has 0 unspecified atom stereocenters. The highest BCUT2D eigenvalue weighted by molar-refractivity contribution is 7.98. The molecular formula is C13H22N2S2. The molecular weight excluding hydrogens is 248 g/mol. The second kappa shape index (κ2) is 6.66. The van der Waals surface area contributed by atoms with Crippen molar-refractivity contribution in [3.63, 3.8) is 0 Å². The first-order valence-corrected chi connectivity index (χ1v) is 8.40. The van der Waals surface area contributed by atoms with Gasteiger partial charge in [0.2, 0.25) is 0 Å². The smallest absolute Gasteiger partial charge is 0.0914 e. The molecule has 1 fully saturated rings. The van der Waals surface area contributed by atoms with Crippen LogP contribution in [-0.4, -0.2) is 25.4 Å². The third kappa shape index (κ3) is 3.63. The molecule has 2 nitrogen and oxygen atoms in total. The van der Waals surface area contributed by atoms with E-state index in [-0.39, 0.29) is 0 Å². The lowest BCUT2D eigenvalue weighted by atomic mass is 10.1. The van der Waals surface area contributed by atoms with E-state index in [1.807, 2.05) is 23.1 Å². The van der Waals surface area contributed by atoms with Crippen LogP contribution in [0.4, 0.5) is 5.00 Å². The van der Waals surface area contributed by atoms with Gasteiger partial charge in [0.15, 0.2) is 0 Å². The summed E-state index contributed by atoms with van der Waals surface area (Å²) in [4.78, 5) is 4.04. The average Bonchev–Trinajstić information content (AvgIpc) is 2.73. The zero-order valence-electron chi connectivity index (χ0n) is 10.6. The second-order valence-corrected chi connectivity index (χ2v) is 6.89. The third-order valence-corrected chi connectivity index (χ3v) is 5.39. The predicted molar refractivity (Wildman–Crippen MR) is 80.3 cm³/mol. The van der Waals surface area contributed by atoms with E-state index in [2.05, 4.69) is 17.9 Å². The molecule has 0 aliphatic carbocycles. The van der Waals surface area contributed by atoms with Crippen LogP contribution in [0.5, 0.6) is 0 Å². The number of nitrogens with zero attached hydrogens (tertiary/aromatic N) is 1.